The summed E-state index contributed by atoms with van der Waals surface area (Å²) in [5.74, 6) is 0. The maximum atomic E-state index is 4.15. The summed E-state index contributed by atoms with van der Waals surface area (Å²) in [7, 11) is 0. The lowest BCUT2D eigenvalue weighted by Crippen LogP contribution is -2.66. The van der Waals surface area contributed by atoms with Crippen LogP contribution in [0.2, 0.25) is 0 Å². The predicted molar refractivity (Wildman–Crippen MR) is 103 cm³/mol. The van der Waals surface area contributed by atoms with Crippen molar-refractivity contribution in [3.8, 4) is 0 Å². The molecule has 1 N–H and O–H groups in total. The van der Waals surface area contributed by atoms with Crippen molar-refractivity contribution < 1.29 is 4.48 Å². The zero-order chi connectivity index (χ0) is 17.3. The zero-order valence-electron chi connectivity index (χ0n) is 16.9. The average molecular weight is 324 g/mol. The quantitative estimate of drug-likeness (QED) is 0.413. The first kappa shape index (κ1) is 20.5. The van der Waals surface area contributed by atoms with Crippen LogP contribution >= 0.6 is 0 Å². The topological polar surface area (TPSA) is 12.0 Å². The largest absolute Gasteiger partial charge is 0.332 e. The van der Waals surface area contributed by atoms with E-state index in [2.05, 4.69) is 46.9 Å². The SMILES string of the molecule is CCCC1=C(CCC)[N+](CCC)(CCC)C(CCC)(CCC)N1. The maximum Gasteiger partial charge on any atom is 0.176 e. The van der Waals surface area contributed by atoms with Crippen molar-refractivity contribution in [3.05, 3.63) is 11.4 Å². The van der Waals surface area contributed by atoms with Crippen molar-refractivity contribution in [2.45, 2.75) is 111 Å². The van der Waals surface area contributed by atoms with Gasteiger partial charge in [-0.2, -0.15) is 0 Å². The van der Waals surface area contributed by atoms with Gasteiger partial charge < -0.3 is 5.32 Å². The minimum Gasteiger partial charge on any atom is -0.332 e. The predicted octanol–water partition coefficient (Wildman–Crippen LogP) is 6.33. The van der Waals surface area contributed by atoms with Gasteiger partial charge in [-0.15, -0.1) is 0 Å². The molecule has 0 aromatic rings. The third-order valence-corrected chi connectivity index (χ3v) is 5.59. The first-order valence-electron chi connectivity index (χ1n) is 10.5. The van der Waals surface area contributed by atoms with E-state index >= 15 is 0 Å². The van der Waals surface area contributed by atoms with Crippen LogP contribution in [-0.4, -0.2) is 23.2 Å². The molecule has 0 unspecified atom stereocenters. The van der Waals surface area contributed by atoms with Crippen LogP contribution < -0.4 is 5.32 Å². The van der Waals surface area contributed by atoms with E-state index in [1.165, 1.54) is 81.8 Å². The average Bonchev–Trinajstić information content (AvgIpc) is 2.73. The highest BCUT2D eigenvalue weighted by atomic mass is 15.5. The summed E-state index contributed by atoms with van der Waals surface area (Å²) < 4.78 is 1.25. The van der Waals surface area contributed by atoms with Crippen molar-refractivity contribution in [3.63, 3.8) is 0 Å². The second-order valence-electron chi connectivity index (χ2n) is 7.50. The van der Waals surface area contributed by atoms with Crippen LogP contribution in [0, 0.1) is 0 Å². The minimum absolute atomic E-state index is 0.268. The molecule has 0 amide bonds. The maximum absolute atomic E-state index is 4.15. The van der Waals surface area contributed by atoms with Gasteiger partial charge in [0.15, 0.2) is 5.66 Å². The Kier molecular flexibility index (Phi) is 8.68. The Bertz CT molecular complexity index is 358. The van der Waals surface area contributed by atoms with E-state index in [0.717, 1.165) is 0 Å². The third kappa shape index (κ3) is 3.95. The lowest BCUT2D eigenvalue weighted by Gasteiger charge is -2.50. The molecule has 1 heterocycles. The van der Waals surface area contributed by atoms with Crippen LogP contribution in [0.4, 0.5) is 0 Å². The Hall–Kier alpha value is -0.500. The van der Waals surface area contributed by atoms with E-state index in [-0.39, 0.29) is 5.66 Å². The van der Waals surface area contributed by atoms with E-state index in [0.29, 0.717) is 0 Å². The van der Waals surface area contributed by atoms with E-state index in [1.54, 1.807) is 11.4 Å². The Labute approximate surface area is 146 Å². The Morgan fingerprint density at radius 3 is 1.61 bits per heavy atom. The highest BCUT2D eigenvalue weighted by Gasteiger charge is 2.56. The molecule has 0 fully saturated rings. The van der Waals surface area contributed by atoms with Gasteiger partial charge in [0.25, 0.3) is 0 Å². The van der Waals surface area contributed by atoms with Gasteiger partial charge in [-0.25, -0.2) is 0 Å². The highest BCUT2D eigenvalue weighted by Crippen LogP contribution is 2.46. The van der Waals surface area contributed by atoms with Crippen molar-refractivity contribution in [2.75, 3.05) is 13.1 Å². The molecule has 0 aliphatic carbocycles. The van der Waals surface area contributed by atoms with Crippen LogP contribution in [0.5, 0.6) is 0 Å². The van der Waals surface area contributed by atoms with Gasteiger partial charge in [-0.1, -0.05) is 48.0 Å². The van der Waals surface area contributed by atoms with Gasteiger partial charge in [0.05, 0.1) is 18.8 Å². The number of quaternary nitrogens is 1. The Morgan fingerprint density at radius 2 is 1.22 bits per heavy atom. The summed E-state index contributed by atoms with van der Waals surface area (Å²) in [6.07, 6.45) is 12.8. The monoisotopic (exact) mass is 323 g/mol. The molecule has 1 aliphatic rings. The molecule has 2 nitrogen and oxygen atoms in total. The molecule has 0 bridgehead atoms. The molecular formula is C21H43N2+. The summed E-state index contributed by atoms with van der Waals surface area (Å²) in [6, 6.07) is 0. The fourth-order valence-corrected chi connectivity index (χ4v) is 5.11. The lowest BCUT2D eigenvalue weighted by atomic mass is 9.92. The molecule has 0 saturated carbocycles. The van der Waals surface area contributed by atoms with Crippen LogP contribution in [0.25, 0.3) is 0 Å². The van der Waals surface area contributed by atoms with E-state index in [1.807, 2.05) is 0 Å². The third-order valence-electron chi connectivity index (χ3n) is 5.59. The van der Waals surface area contributed by atoms with Gasteiger partial charge in [-0.05, 0) is 38.5 Å². The number of nitrogens with zero attached hydrogens (tertiary/aromatic N) is 1. The molecular weight excluding hydrogens is 280 g/mol. The summed E-state index contributed by atoms with van der Waals surface area (Å²) in [5.41, 5.74) is 3.64. The second-order valence-corrected chi connectivity index (χ2v) is 7.50. The summed E-state index contributed by atoms with van der Waals surface area (Å²) in [6.45, 7) is 16.8. The number of rotatable bonds is 12. The van der Waals surface area contributed by atoms with Gasteiger partial charge in [0, 0.05) is 19.3 Å². The summed E-state index contributed by atoms with van der Waals surface area (Å²) in [4.78, 5) is 0. The standard InChI is InChI=1S/C21H43N2/c1-7-13-19-20(14-8-2)23(17-11-5,18-12-6)21(22-19,15-9-3)16-10-4/h22H,7-18H2,1-6H3/q+1. The highest BCUT2D eigenvalue weighted by molar-refractivity contribution is 5.17. The zero-order valence-corrected chi connectivity index (χ0v) is 16.9. The summed E-state index contributed by atoms with van der Waals surface area (Å²) in [5, 5.41) is 4.15. The molecule has 0 radical (unpaired) electrons. The molecule has 136 valence electrons. The van der Waals surface area contributed by atoms with Crippen molar-refractivity contribution in [1.29, 1.82) is 0 Å². The first-order chi connectivity index (χ1) is 11.1. The number of hydrogen-bond acceptors (Lipinski definition) is 1. The molecule has 2 heteroatoms. The molecule has 1 rings (SSSR count). The first-order valence-corrected chi connectivity index (χ1v) is 10.5. The number of allylic oxidation sites excluding steroid dienone is 2. The normalized spacial score (nSPS) is 19.2. The van der Waals surface area contributed by atoms with Gasteiger partial charge >= 0.3 is 0 Å². The van der Waals surface area contributed by atoms with Crippen molar-refractivity contribution in [1.82, 2.24) is 5.32 Å². The van der Waals surface area contributed by atoms with Crippen molar-refractivity contribution >= 4 is 0 Å². The Morgan fingerprint density at radius 1 is 0.696 bits per heavy atom. The van der Waals surface area contributed by atoms with E-state index in [4.69, 9.17) is 0 Å². The van der Waals surface area contributed by atoms with Gasteiger partial charge in [0.2, 0.25) is 0 Å². The van der Waals surface area contributed by atoms with Crippen LogP contribution in [0.1, 0.15) is 106 Å². The minimum atomic E-state index is 0.268. The van der Waals surface area contributed by atoms with Gasteiger partial charge in [0.1, 0.15) is 5.70 Å². The fourth-order valence-electron chi connectivity index (χ4n) is 5.11. The van der Waals surface area contributed by atoms with Crippen LogP contribution in [0.3, 0.4) is 0 Å². The van der Waals surface area contributed by atoms with E-state index in [9.17, 15) is 0 Å². The van der Waals surface area contributed by atoms with E-state index < -0.39 is 0 Å². The smallest absolute Gasteiger partial charge is 0.176 e. The molecule has 1 aliphatic heterocycles. The van der Waals surface area contributed by atoms with Crippen LogP contribution in [-0.2, 0) is 0 Å². The molecule has 0 aromatic heterocycles. The lowest BCUT2D eigenvalue weighted by molar-refractivity contribution is -0.942. The molecule has 0 saturated heterocycles. The number of nitrogens with one attached hydrogen (secondary N) is 1. The second kappa shape index (κ2) is 9.71. The molecule has 23 heavy (non-hydrogen) atoms. The fraction of sp³-hybridized carbons (Fsp3) is 0.905. The number of hydrogen-bond donors (Lipinski definition) is 1. The molecule has 0 spiro atoms. The van der Waals surface area contributed by atoms with Crippen LogP contribution in [0.15, 0.2) is 11.4 Å². The Balaban J connectivity index is 3.45. The summed E-state index contributed by atoms with van der Waals surface area (Å²) >= 11 is 0. The van der Waals surface area contributed by atoms with Gasteiger partial charge in [-0.3, -0.25) is 4.48 Å². The molecule has 0 aromatic carbocycles. The molecule has 0 atom stereocenters. The van der Waals surface area contributed by atoms with Crippen molar-refractivity contribution in [2.24, 2.45) is 0 Å².